The summed E-state index contributed by atoms with van der Waals surface area (Å²) in [5.41, 5.74) is 1.39. The Bertz CT molecular complexity index is 315. The summed E-state index contributed by atoms with van der Waals surface area (Å²) in [7, 11) is 0. The molecular formula is C14H22N2O. The molecule has 0 spiro atoms. The third kappa shape index (κ3) is 3.80. The van der Waals surface area contributed by atoms with Gasteiger partial charge in [0.15, 0.2) is 0 Å². The molecule has 0 radical (unpaired) electrons. The lowest BCUT2D eigenvalue weighted by atomic mass is 10.2. The van der Waals surface area contributed by atoms with Gasteiger partial charge in [0, 0.05) is 25.7 Å². The average molecular weight is 234 g/mol. The van der Waals surface area contributed by atoms with Crippen molar-refractivity contribution in [2.24, 2.45) is 0 Å². The fourth-order valence-electron chi connectivity index (χ4n) is 2.50. The first kappa shape index (κ1) is 12.6. The molecule has 0 amide bonds. The summed E-state index contributed by atoms with van der Waals surface area (Å²) in [6.07, 6.45) is 2.56. The lowest BCUT2D eigenvalue weighted by Crippen LogP contribution is -2.38. The van der Waals surface area contributed by atoms with Gasteiger partial charge in [-0.1, -0.05) is 30.3 Å². The van der Waals surface area contributed by atoms with Crippen molar-refractivity contribution in [3.63, 3.8) is 0 Å². The van der Waals surface area contributed by atoms with Crippen molar-refractivity contribution in [2.75, 3.05) is 26.2 Å². The average Bonchev–Trinajstić information content (AvgIpc) is 2.79. The van der Waals surface area contributed by atoms with E-state index in [0.717, 1.165) is 13.1 Å². The summed E-state index contributed by atoms with van der Waals surface area (Å²) in [5, 5.41) is 12.1. The van der Waals surface area contributed by atoms with Crippen molar-refractivity contribution >= 4 is 0 Å². The maximum atomic E-state index is 8.77. The molecule has 0 aromatic heterocycles. The van der Waals surface area contributed by atoms with E-state index in [1.54, 1.807) is 0 Å². The molecule has 1 aliphatic heterocycles. The van der Waals surface area contributed by atoms with E-state index < -0.39 is 0 Å². The van der Waals surface area contributed by atoms with Crippen LogP contribution in [0.5, 0.6) is 0 Å². The van der Waals surface area contributed by atoms with Gasteiger partial charge in [0.2, 0.25) is 0 Å². The Morgan fingerprint density at radius 2 is 2.12 bits per heavy atom. The Labute approximate surface area is 103 Å². The second-order valence-electron chi connectivity index (χ2n) is 4.68. The third-order valence-corrected chi connectivity index (χ3v) is 3.40. The molecule has 1 fully saturated rings. The zero-order valence-corrected chi connectivity index (χ0v) is 10.3. The number of likely N-dealkylation sites (tertiary alicyclic amines) is 1. The topological polar surface area (TPSA) is 35.5 Å². The van der Waals surface area contributed by atoms with Crippen LogP contribution in [-0.2, 0) is 6.54 Å². The number of benzene rings is 1. The van der Waals surface area contributed by atoms with Gasteiger partial charge >= 0.3 is 0 Å². The van der Waals surface area contributed by atoms with Crippen LogP contribution >= 0.6 is 0 Å². The highest BCUT2D eigenvalue weighted by atomic mass is 16.3. The fraction of sp³-hybridized carbons (Fsp3) is 0.571. The second kappa shape index (κ2) is 6.74. The third-order valence-electron chi connectivity index (χ3n) is 3.40. The number of rotatable bonds is 6. The molecule has 1 aromatic rings. The van der Waals surface area contributed by atoms with Gasteiger partial charge in [-0.15, -0.1) is 0 Å². The SMILES string of the molecule is OCCNC[C@H]1CCCN1Cc1ccccc1. The molecule has 3 heteroatoms. The van der Waals surface area contributed by atoms with E-state index in [4.69, 9.17) is 5.11 Å². The zero-order chi connectivity index (χ0) is 11.9. The molecule has 2 rings (SSSR count). The van der Waals surface area contributed by atoms with E-state index in [1.165, 1.54) is 24.9 Å². The van der Waals surface area contributed by atoms with E-state index in [1.807, 2.05) is 0 Å². The number of hydrogen-bond donors (Lipinski definition) is 2. The molecule has 2 N–H and O–H groups in total. The van der Waals surface area contributed by atoms with E-state index >= 15 is 0 Å². The van der Waals surface area contributed by atoms with Gasteiger partial charge in [-0.25, -0.2) is 0 Å². The number of nitrogens with zero attached hydrogens (tertiary/aromatic N) is 1. The summed E-state index contributed by atoms with van der Waals surface area (Å²) >= 11 is 0. The van der Waals surface area contributed by atoms with Crippen LogP contribution < -0.4 is 5.32 Å². The monoisotopic (exact) mass is 234 g/mol. The maximum absolute atomic E-state index is 8.77. The van der Waals surface area contributed by atoms with Crippen LogP contribution in [0.15, 0.2) is 30.3 Å². The van der Waals surface area contributed by atoms with Crippen molar-refractivity contribution in [3.05, 3.63) is 35.9 Å². The largest absolute Gasteiger partial charge is 0.395 e. The Morgan fingerprint density at radius 3 is 2.88 bits per heavy atom. The highest BCUT2D eigenvalue weighted by molar-refractivity contribution is 5.14. The predicted molar refractivity (Wildman–Crippen MR) is 69.8 cm³/mol. The van der Waals surface area contributed by atoms with E-state index in [9.17, 15) is 0 Å². The molecule has 17 heavy (non-hydrogen) atoms. The van der Waals surface area contributed by atoms with Crippen LogP contribution in [0, 0.1) is 0 Å². The molecular weight excluding hydrogens is 212 g/mol. The van der Waals surface area contributed by atoms with Gasteiger partial charge in [0.1, 0.15) is 0 Å². The van der Waals surface area contributed by atoms with Crippen LogP contribution in [0.1, 0.15) is 18.4 Å². The summed E-state index contributed by atoms with van der Waals surface area (Å²) < 4.78 is 0. The van der Waals surface area contributed by atoms with Crippen LogP contribution in [0.4, 0.5) is 0 Å². The van der Waals surface area contributed by atoms with Crippen molar-refractivity contribution in [3.8, 4) is 0 Å². The van der Waals surface area contributed by atoms with E-state index in [0.29, 0.717) is 12.6 Å². The standard InChI is InChI=1S/C14H22N2O/c17-10-8-15-11-14-7-4-9-16(14)12-13-5-2-1-3-6-13/h1-3,5-6,14-15,17H,4,7-12H2/t14-/m1/s1. The van der Waals surface area contributed by atoms with Crippen LogP contribution in [0.3, 0.4) is 0 Å². The first-order valence-corrected chi connectivity index (χ1v) is 6.49. The van der Waals surface area contributed by atoms with Crippen LogP contribution in [0.25, 0.3) is 0 Å². The van der Waals surface area contributed by atoms with Crippen LogP contribution in [-0.4, -0.2) is 42.3 Å². The molecule has 1 saturated heterocycles. The van der Waals surface area contributed by atoms with E-state index in [2.05, 4.69) is 40.5 Å². The van der Waals surface area contributed by atoms with E-state index in [-0.39, 0.29) is 6.61 Å². The summed E-state index contributed by atoms with van der Waals surface area (Å²) in [6, 6.07) is 11.3. The normalized spacial score (nSPS) is 20.9. The Balaban J connectivity index is 1.82. The molecule has 1 heterocycles. The van der Waals surface area contributed by atoms with Crippen molar-refractivity contribution < 1.29 is 5.11 Å². The Hall–Kier alpha value is -0.900. The first-order valence-electron chi connectivity index (χ1n) is 6.49. The van der Waals surface area contributed by atoms with Crippen molar-refractivity contribution in [1.29, 1.82) is 0 Å². The summed E-state index contributed by atoms with van der Waals surface area (Å²) in [4.78, 5) is 2.54. The molecule has 3 nitrogen and oxygen atoms in total. The van der Waals surface area contributed by atoms with Gasteiger partial charge in [-0.2, -0.15) is 0 Å². The second-order valence-corrected chi connectivity index (χ2v) is 4.68. The minimum Gasteiger partial charge on any atom is -0.395 e. The molecule has 1 aromatic carbocycles. The van der Waals surface area contributed by atoms with Gasteiger partial charge < -0.3 is 10.4 Å². The molecule has 0 bridgehead atoms. The minimum atomic E-state index is 0.228. The molecule has 0 aliphatic carbocycles. The molecule has 1 aliphatic rings. The number of aliphatic hydroxyl groups is 1. The summed E-state index contributed by atoms with van der Waals surface area (Å²) in [6.45, 7) is 4.17. The van der Waals surface area contributed by atoms with Crippen molar-refractivity contribution in [2.45, 2.75) is 25.4 Å². The Kier molecular flexibility index (Phi) is 4.98. The first-order chi connectivity index (χ1) is 8.40. The smallest absolute Gasteiger partial charge is 0.0555 e. The molecule has 0 unspecified atom stereocenters. The fourth-order valence-corrected chi connectivity index (χ4v) is 2.50. The maximum Gasteiger partial charge on any atom is 0.0555 e. The van der Waals surface area contributed by atoms with Gasteiger partial charge in [-0.05, 0) is 24.9 Å². The van der Waals surface area contributed by atoms with Gasteiger partial charge in [0.05, 0.1) is 6.61 Å². The van der Waals surface area contributed by atoms with Crippen molar-refractivity contribution in [1.82, 2.24) is 10.2 Å². The van der Waals surface area contributed by atoms with Gasteiger partial charge in [-0.3, -0.25) is 4.90 Å². The van der Waals surface area contributed by atoms with Gasteiger partial charge in [0.25, 0.3) is 0 Å². The zero-order valence-electron chi connectivity index (χ0n) is 10.3. The minimum absolute atomic E-state index is 0.228. The summed E-state index contributed by atoms with van der Waals surface area (Å²) in [5.74, 6) is 0. The lowest BCUT2D eigenvalue weighted by Gasteiger charge is -2.24. The number of aliphatic hydroxyl groups excluding tert-OH is 1. The lowest BCUT2D eigenvalue weighted by molar-refractivity contribution is 0.230. The Morgan fingerprint density at radius 1 is 1.29 bits per heavy atom. The predicted octanol–water partition coefficient (Wildman–Crippen LogP) is 1.23. The molecule has 1 atom stereocenters. The molecule has 94 valence electrons. The van der Waals surface area contributed by atoms with Crippen LogP contribution in [0.2, 0.25) is 0 Å². The molecule has 0 saturated carbocycles. The highest BCUT2D eigenvalue weighted by Crippen LogP contribution is 2.19. The quantitative estimate of drug-likeness (QED) is 0.727. The highest BCUT2D eigenvalue weighted by Gasteiger charge is 2.23. The number of nitrogens with one attached hydrogen (secondary N) is 1. The number of hydrogen-bond acceptors (Lipinski definition) is 3.